The van der Waals surface area contributed by atoms with Crippen LogP contribution < -0.4 is 5.69 Å². The number of hydrogen-bond donors (Lipinski definition) is 3. The molecule has 2 aromatic rings. The average Bonchev–Trinajstić information content (AvgIpc) is 2.79. The van der Waals surface area contributed by atoms with E-state index in [0.29, 0.717) is 17.8 Å². The summed E-state index contributed by atoms with van der Waals surface area (Å²) in [7, 11) is 0. The number of aliphatic hydroxyl groups is 2. The summed E-state index contributed by atoms with van der Waals surface area (Å²) in [6.07, 6.45) is 1.77. The van der Waals surface area contributed by atoms with E-state index in [4.69, 9.17) is 5.11 Å². The Labute approximate surface area is 117 Å². The van der Waals surface area contributed by atoms with Gasteiger partial charge in [-0.2, -0.15) is 4.98 Å². The minimum atomic E-state index is -0.452. The normalized spacial score (nSPS) is 14.9. The molecule has 2 unspecified atom stereocenters. The number of aromatic amines is 1. The molecule has 2 atom stereocenters. The number of rotatable bonds is 5. The first kappa shape index (κ1) is 14.7. The summed E-state index contributed by atoms with van der Waals surface area (Å²) in [6.45, 7) is 5.66. The van der Waals surface area contributed by atoms with Crippen LogP contribution >= 0.6 is 0 Å². The van der Waals surface area contributed by atoms with Crippen LogP contribution in [-0.4, -0.2) is 30.9 Å². The van der Waals surface area contributed by atoms with Gasteiger partial charge in [0.25, 0.3) is 0 Å². The third-order valence-corrected chi connectivity index (χ3v) is 3.59. The molecule has 6 nitrogen and oxygen atoms in total. The van der Waals surface area contributed by atoms with E-state index in [1.807, 2.05) is 20.8 Å². The van der Waals surface area contributed by atoms with Gasteiger partial charge in [-0.25, -0.2) is 4.79 Å². The molecule has 0 spiro atoms. The molecule has 0 aliphatic rings. The molecule has 0 aliphatic heterocycles. The van der Waals surface area contributed by atoms with Gasteiger partial charge < -0.3 is 15.2 Å². The van der Waals surface area contributed by atoms with Crippen LogP contribution in [0.1, 0.15) is 38.9 Å². The van der Waals surface area contributed by atoms with Crippen LogP contribution in [-0.2, 0) is 6.61 Å². The van der Waals surface area contributed by atoms with Crippen molar-refractivity contribution in [3.05, 3.63) is 28.4 Å². The predicted octanol–water partition coefficient (Wildman–Crippen LogP) is 1.18. The number of aliphatic hydroxyl groups excluding tert-OH is 2. The summed E-state index contributed by atoms with van der Waals surface area (Å²) in [5, 5.41) is 19.8. The second-order valence-electron chi connectivity index (χ2n) is 5.58. The number of nitrogens with one attached hydrogen (secondary N) is 1. The van der Waals surface area contributed by atoms with Crippen molar-refractivity contribution in [1.29, 1.82) is 0 Å². The average molecular weight is 279 g/mol. The Morgan fingerprint density at radius 3 is 2.70 bits per heavy atom. The number of nitrogens with zero attached hydrogens (tertiary/aromatic N) is 2. The highest BCUT2D eigenvalue weighted by Gasteiger charge is 2.17. The van der Waals surface area contributed by atoms with E-state index in [0.717, 1.165) is 5.39 Å². The molecule has 0 saturated heterocycles. The predicted molar refractivity (Wildman–Crippen MR) is 76.4 cm³/mol. The quantitative estimate of drug-likeness (QED) is 0.766. The Balaban J connectivity index is 2.33. The fraction of sp³-hybridized carbons (Fsp3) is 0.571. The fourth-order valence-corrected chi connectivity index (χ4v) is 2.20. The summed E-state index contributed by atoms with van der Waals surface area (Å²) in [6, 6.07) is 1.63. The molecule has 3 N–H and O–H groups in total. The molecule has 110 valence electrons. The van der Waals surface area contributed by atoms with Crippen molar-refractivity contribution in [3.8, 4) is 0 Å². The number of hydrogen-bond acceptors (Lipinski definition) is 4. The highest BCUT2D eigenvalue weighted by Crippen LogP contribution is 2.18. The Hall–Kier alpha value is -1.66. The van der Waals surface area contributed by atoms with Gasteiger partial charge in [-0.05, 0) is 25.3 Å². The maximum atomic E-state index is 12.0. The van der Waals surface area contributed by atoms with Crippen molar-refractivity contribution in [2.75, 3.05) is 0 Å². The molecule has 2 rings (SSSR count). The van der Waals surface area contributed by atoms with Gasteiger partial charge in [0.05, 0.1) is 12.7 Å². The smallest absolute Gasteiger partial charge is 0.349 e. The van der Waals surface area contributed by atoms with Gasteiger partial charge in [0, 0.05) is 23.3 Å². The molecule has 0 aliphatic carbocycles. The molecule has 0 radical (unpaired) electrons. The van der Waals surface area contributed by atoms with E-state index in [9.17, 15) is 9.90 Å². The van der Waals surface area contributed by atoms with E-state index in [-0.39, 0.29) is 24.3 Å². The molecule has 0 bridgehead atoms. The number of fused-ring (bicyclic) bond motifs is 1. The first-order valence-electron chi connectivity index (χ1n) is 6.82. The van der Waals surface area contributed by atoms with Crippen molar-refractivity contribution in [2.45, 2.75) is 45.9 Å². The maximum Gasteiger partial charge on any atom is 0.349 e. The molecule has 20 heavy (non-hydrogen) atoms. The second-order valence-corrected chi connectivity index (χ2v) is 5.58. The molecule has 0 amide bonds. The van der Waals surface area contributed by atoms with E-state index < -0.39 is 6.10 Å². The summed E-state index contributed by atoms with van der Waals surface area (Å²) in [5.74, 6) is 0.151. The molecule has 0 fully saturated rings. The van der Waals surface area contributed by atoms with Gasteiger partial charge in [0.1, 0.15) is 5.65 Å². The molecular weight excluding hydrogens is 258 g/mol. The molecule has 0 saturated carbocycles. The van der Waals surface area contributed by atoms with Crippen molar-refractivity contribution < 1.29 is 10.2 Å². The van der Waals surface area contributed by atoms with Crippen molar-refractivity contribution in [1.82, 2.24) is 14.5 Å². The van der Waals surface area contributed by atoms with E-state index >= 15 is 0 Å². The van der Waals surface area contributed by atoms with Crippen LogP contribution in [0.4, 0.5) is 0 Å². The highest BCUT2D eigenvalue weighted by molar-refractivity contribution is 5.75. The lowest BCUT2D eigenvalue weighted by molar-refractivity contribution is 0.101. The first-order chi connectivity index (χ1) is 9.42. The Morgan fingerprint density at radius 1 is 1.40 bits per heavy atom. The Kier molecular flexibility index (Phi) is 4.25. The zero-order chi connectivity index (χ0) is 14.9. The van der Waals surface area contributed by atoms with E-state index in [1.165, 1.54) is 4.57 Å². The van der Waals surface area contributed by atoms with Gasteiger partial charge in [0.2, 0.25) is 0 Å². The molecule has 0 aromatic carbocycles. The zero-order valence-corrected chi connectivity index (χ0v) is 12.0. The van der Waals surface area contributed by atoms with Crippen LogP contribution in [0.25, 0.3) is 11.0 Å². The Morgan fingerprint density at radius 2 is 2.10 bits per heavy atom. The number of H-pyrrole nitrogens is 1. The third-order valence-electron chi connectivity index (χ3n) is 3.59. The van der Waals surface area contributed by atoms with E-state index in [2.05, 4.69) is 9.97 Å². The van der Waals surface area contributed by atoms with Gasteiger partial charge in [-0.1, -0.05) is 13.8 Å². The van der Waals surface area contributed by atoms with Gasteiger partial charge in [-0.3, -0.25) is 4.57 Å². The summed E-state index contributed by atoms with van der Waals surface area (Å²) in [4.78, 5) is 18.9. The van der Waals surface area contributed by atoms with Crippen molar-refractivity contribution in [2.24, 2.45) is 5.92 Å². The van der Waals surface area contributed by atoms with Crippen LogP contribution in [0.15, 0.2) is 17.1 Å². The fourth-order valence-electron chi connectivity index (χ4n) is 2.20. The van der Waals surface area contributed by atoms with Crippen molar-refractivity contribution in [3.63, 3.8) is 0 Å². The van der Waals surface area contributed by atoms with Crippen LogP contribution in [0, 0.1) is 5.92 Å². The zero-order valence-electron chi connectivity index (χ0n) is 12.0. The molecule has 6 heteroatoms. The SMILES string of the molecule is CC(C)C(O)CC(C)n1cc2cc(CO)[nH]c2nc1=O. The standard InChI is InChI=1S/C14H21N3O3/c1-8(2)12(19)4-9(3)17-6-10-5-11(7-18)15-13(10)16-14(17)20/h5-6,8-9,12,18-19H,4,7H2,1-3H3,(H,15,16,20). The Bertz CT molecular complexity index is 645. The van der Waals surface area contributed by atoms with Gasteiger partial charge in [0.15, 0.2) is 0 Å². The number of aromatic nitrogens is 3. The van der Waals surface area contributed by atoms with Gasteiger partial charge in [-0.15, -0.1) is 0 Å². The largest absolute Gasteiger partial charge is 0.393 e. The maximum absolute atomic E-state index is 12.0. The van der Waals surface area contributed by atoms with Crippen molar-refractivity contribution >= 4 is 11.0 Å². The minimum absolute atomic E-state index is 0.119. The third kappa shape index (κ3) is 2.91. The lowest BCUT2D eigenvalue weighted by Crippen LogP contribution is -2.28. The minimum Gasteiger partial charge on any atom is -0.393 e. The molecule has 2 heterocycles. The first-order valence-corrected chi connectivity index (χ1v) is 6.82. The lowest BCUT2D eigenvalue weighted by atomic mass is 10.0. The van der Waals surface area contributed by atoms with Crippen LogP contribution in [0.2, 0.25) is 0 Å². The molecular formula is C14H21N3O3. The topological polar surface area (TPSA) is 91.1 Å². The van der Waals surface area contributed by atoms with Crippen LogP contribution in [0.5, 0.6) is 0 Å². The lowest BCUT2D eigenvalue weighted by Gasteiger charge is -2.20. The van der Waals surface area contributed by atoms with E-state index in [1.54, 1.807) is 12.3 Å². The van der Waals surface area contributed by atoms with Crippen LogP contribution in [0.3, 0.4) is 0 Å². The van der Waals surface area contributed by atoms with Gasteiger partial charge >= 0.3 is 5.69 Å². The molecule has 2 aromatic heterocycles. The summed E-state index contributed by atoms with van der Waals surface area (Å²) < 4.78 is 1.53. The monoisotopic (exact) mass is 279 g/mol. The second kappa shape index (κ2) is 5.76. The highest BCUT2D eigenvalue weighted by atomic mass is 16.3. The summed E-state index contributed by atoms with van der Waals surface area (Å²) in [5.41, 5.74) is 0.749. The summed E-state index contributed by atoms with van der Waals surface area (Å²) >= 11 is 0.